The summed E-state index contributed by atoms with van der Waals surface area (Å²) in [6.07, 6.45) is 3.59. The van der Waals surface area contributed by atoms with Gasteiger partial charge in [-0.05, 0) is 25.0 Å². The molecule has 4 N–H and O–H groups in total. The van der Waals surface area contributed by atoms with Crippen LogP contribution in [-0.4, -0.2) is 24.8 Å². The van der Waals surface area contributed by atoms with E-state index in [9.17, 15) is 8.42 Å². The highest BCUT2D eigenvalue weighted by molar-refractivity contribution is 7.89. The first-order chi connectivity index (χ1) is 8.38. The Morgan fingerprint density at radius 2 is 2.11 bits per heavy atom. The van der Waals surface area contributed by atoms with Crippen molar-refractivity contribution in [2.75, 3.05) is 0 Å². The first kappa shape index (κ1) is 14.6. The lowest BCUT2D eigenvalue weighted by Gasteiger charge is -2.30. The highest BCUT2D eigenvalue weighted by Gasteiger charge is 2.35. The number of aromatic nitrogens is 1. The van der Waals surface area contributed by atoms with Gasteiger partial charge in [-0.15, -0.1) is 0 Å². The highest BCUT2D eigenvalue weighted by Crippen LogP contribution is 2.19. The molecule has 0 bridgehead atoms. The van der Waals surface area contributed by atoms with E-state index >= 15 is 0 Å². The summed E-state index contributed by atoms with van der Waals surface area (Å²) >= 11 is 0. The van der Waals surface area contributed by atoms with Crippen molar-refractivity contribution in [3.63, 3.8) is 0 Å². The molecule has 7 heteroatoms. The maximum atomic E-state index is 12.2. The van der Waals surface area contributed by atoms with E-state index in [1.807, 2.05) is 0 Å². The zero-order chi connectivity index (χ0) is 13.8. The molecule has 0 fully saturated rings. The first-order valence-electron chi connectivity index (χ1n) is 5.66. The van der Waals surface area contributed by atoms with Gasteiger partial charge in [0.1, 0.15) is 10.7 Å². The standard InChI is InChI=1S/C11H18N4O2S/c1-3-11(4-2,10(12)13)15-18(16,17)9-6-5-7-14-8-9/h5-8,15H,3-4H2,1-2H3,(H3,12,13). The molecule has 0 amide bonds. The molecule has 0 saturated heterocycles. The molecule has 0 unspecified atom stereocenters. The van der Waals surface area contributed by atoms with Gasteiger partial charge in [0.25, 0.3) is 0 Å². The van der Waals surface area contributed by atoms with Gasteiger partial charge in [-0.1, -0.05) is 13.8 Å². The summed E-state index contributed by atoms with van der Waals surface area (Å²) in [5.74, 6) is -0.181. The third-order valence-corrected chi connectivity index (χ3v) is 4.52. The van der Waals surface area contributed by atoms with Crippen molar-refractivity contribution in [1.82, 2.24) is 9.71 Å². The Hall–Kier alpha value is -1.47. The fourth-order valence-electron chi connectivity index (χ4n) is 1.65. The van der Waals surface area contributed by atoms with E-state index in [1.54, 1.807) is 19.9 Å². The van der Waals surface area contributed by atoms with Crippen molar-refractivity contribution < 1.29 is 8.42 Å². The van der Waals surface area contributed by atoms with E-state index in [0.29, 0.717) is 12.8 Å². The molecule has 0 aromatic carbocycles. The lowest BCUT2D eigenvalue weighted by atomic mass is 9.93. The number of hydrogen-bond acceptors (Lipinski definition) is 4. The van der Waals surface area contributed by atoms with Crippen molar-refractivity contribution in [1.29, 1.82) is 5.41 Å². The van der Waals surface area contributed by atoms with Crippen LogP contribution < -0.4 is 10.5 Å². The second-order valence-electron chi connectivity index (χ2n) is 4.00. The van der Waals surface area contributed by atoms with Crippen LogP contribution in [0.25, 0.3) is 0 Å². The molecule has 1 heterocycles. The van der Waals surface area contributed by atoms with E-state index in [1.165, 1.54) is 18.5 Å². The van der Waals surface area contributed by atoms with E-state index in [-0.39, 0.29) is 10.7 Å². The minimum Gasteiger partial charge on any atom is -0.386 e. The lowest BCUT2D eigenvalue weighted by molar-refractivity contribution is 0.458. The Labute approximate surface area is 107 Å². The van der Waals surface area contributed by atoms with E-state index in [0.717, 1.165) is 0 Å². The third kappa shape index (κ3) is 2.85. The molecule has 18 heavy (non-hydrogen) atoms. The van der Waals surface area contributed by atoms with Gasteiger partial charge in [-0.2, -0.15) is 4.72 Å². The van der Waals surface area contributed by atoms with Gasteiger partial charge in [-0.3, -0.25) is 10.4 Å². The fraction of sp³-hybridized carbons (Fsp3) is 0.455. The molecule has 0 aliphatic carbocycles. The predicted molar refractivity (Wildman–Crippen MR) is 69.8 cm³/mol. The van der Waals surface area contributed by atoms with Gasteiger partial charge >= 0.3 is 0 Å². The summed E-state index contributed by atoms with van der Waals surface area (Å²) < 4.78 is 26.8. The molecule has 1 aromatic heterocycles. The van der Waals surface area contributed by atoms with Crippen molar-refractivity contribution in [2.24, 2.45) is 5.73 Å². The van der Waals surface area contributed by atoms with E-state index < -0.39 is 15.6 Å². The van der Waals surface area contributed by atoms with E-state index in [2.05, 4.69) is 9.71 Å². The molecule has 6 nitrogen and oxygen atoms in total. The average molecular weight is 270 g/mol. The zero-order valence-corrected chi connectivity index (χ0v) is 11.3. The number of nitrogens with one attached hydrogen (secondary N) is 2. The Kier molecular flexibility index (Phi) is 4.42. The normalized spacial score (nSPS) is 12.3. The largest absolute Gasteiger partial charge is 0.386 e. The summed E-state index contributed by atoms with van der Waals surface area (Å²) in [5, 5.41) is 7.58. The Bertz CT molecular complexity index is 509. The molecule has 1 rings (SSSR count). The van der Waals surface area contributed by atoms with Gasteiger partial charge in [0.2, 0.25) is 10.0 Å². The zero-order valence-electron chi connectivity index (χ0n) is 10.5. The Balaban J connectivity index is 3.12. The maximum Gasteiger partial charge on any atom is 0.243 e. The number of pyridine rings is 1. The van der Waals surface area contributed by atoms with Crippen LogP contribution in [0.2, 0.25) is 0 Å². The maximum absolute atomic E-state index is 12.2. The molecule has 1 aromatic rings. The molecule has 0 atom stereocenters. The summed E-state index contributed by atoms with van der Waals surface area (Å²) in [5.41, 5.74) is 4.49. The topological polar surface area (TPSA) is 109 Å². The fourth-order valence-corrected chi connectivity index (χ4v) is 3.14. The van der Waals surface area contributed by atoms with Gasteiger partial charge in [0.15, 0.2) is 0 Å². The monoisotopic (exact) mass is 270 g/mol. The summed E-state index contributed by atoms with van der Waals surface area (Å²) in [6.45, 7) is 3.58. The van der Waals surface area contributed by atoms with Crippen LogP contribution in [0.1, 0.15) is 26.7 Å². The highest BCUT2D eigenvalue weighted by atomic mass is 32.2. The number of hydrogen-bond donors (Lipinski definition) is 3. The van der Waals surface area contributed by atoms with Crippen LogP contribution in [-0.2, 0) is 10.0 Å². The molecule has 0 radical (unpaired) electrons. The number of sulfonamides is 1. The molecule has 0 spiro atoms. The molecule has 100 valence electrons. The summed E-state index contributed by atoms with van der Waals surface area (Å²) in [6, 6.07) is 2.99. The van der Waals surface area contributed by atoms with Gasteiger partial charge < -0.3 is 5.73 Å². The number of rotatable bonds is 6. The van der Waals surface area contributed by atoms with Crippen LogP contribution in [0.4, 0.5) is 0 Å². The van der Waals surface area contributed by atoms with Crippen molar-refractivity contribution >= 4 is 15.9 Å². The number of amidine groups is 1. The van der Waals surface area contributed by atoms with Crippen LogP contribution >= 0.6 is 0 Å². The first-order valence-corrected chi connectivity index (χ1v) is 7.15. The van der Waals surface area contributed by atoms with Crippen LogP contribution in [0.15, 0.2) is 29.4 Å². The smallest absolute Gasteiger partial charge is 0.243 e. The molecular formula is C11H18N4O2S. The Morgan fingerprint density at radius 1 is 1.50 bits per heavy atom. The minimum absolute atomic E-state index is 0.0672. The predicted octanol–water partition coefficient (Wildman–Crippen LogP) is 0.855. The van der Waals surface area contributed by atoms with Crippen LogP contribution in [0.3, 0.4) is 0 Å². The van der Waals surface area contributed by atoms with Gasteiger partial charge in [0.05, 0.1) is 5.54 Å². The summed E-state index contributed by atoms with van der Waals surface area (Å²) in [4.78, 5) is 3.84. The van der Waals surface area contributed by atoms with Crippen molar-refractivity contribution in [3.8, 4) is 0 Å². The molecule has 0 saturated carbocycles. The minimum atomic E-state index is -3.72. The average Bonchev–Trinajstić information content (AvgIpc) is 2.37. The third-order valence-electron chi connectivity index (χ3n) is 3.00. The van der Waals surface area contributed by atoms with E-state index in [4.69, 9.17) is 11.1 Å². The second-order valence-corrected chi connectivity index (χ2v) is 5.68. The van der Waals surface area contributed by atoms with Gasteiger partial charge in [-0.25, -0.2) is 8.42 Å². The van der Waals surface area contributed by atoms with Gasteiger partial charge in [0, 0.05) is 12.4 Å². The Morgan fingerprint density at radius 3 is 2.50 bits per heavy atom. The number of nitrogens with zero attached hydrogens (tertiary/aromatic N) is 1. The van der Waals surface area contributed by atoms with Crippen molar-refractivity contribution in [2.45, 2.75) is 37.1 Å². The SMILES string of the molecule is CCC(CC)(NS(=O)(=O)c1cccnc1)C(=N)N. The van der Waals surface area contributed by atoms with Crippen molar-refractivity contribution in [3.05, 3.63) is 24.5 Å². The van der Waals surface area contributed by atoms with Crippen LogP contribution in [0, 0.1) is 5.41 Å². The molecule has 0 aliphatic heterocycles. The second kappa shape index (κ2) is 5.45. The quantitative estimate of drug-likeness (QED) is 0.526. The number of nitrogens with two attached hydrogens (primary N) is 1. The molecule has 0 aliphatic rings. The van der Waals surface area contributed by atoms with Crippen LogP contribution in [0.5, 0.6) is 0 Å². The summed E-state index contributed by atoms with van der Waals surface area (Å²) in [7, 11) is -3.72. The molecular weight excluding hydrogens is 252 g/mol. The lowest BCUT2D eigenvalue weighted by Crippen LogP contribution is -2.56.